The zero-order chi connectivity index (χ0) is 28.5. The first kappa shape index (κ1) is 30.4. The average Bonchev–Trinajstić information content (AvgIpc) is 3.33. The fourth-order valence-electron chi connectivity index (χ4n) is 3.07. The molecule has 210 valence electrons. The van der Waals surface area contributed by atoms with Crippen molar-refractivity contribution in [1.82, 2.24) is 19.7 Å². The van der Waals surface area contributed by atoms with Gasteiger partial charge in [0.05, 0.1) is 15.5 Å². The number of hydrogen-bond acceptors (Lipinski definition) is 9. The fourth-order valence-corrected chi connectivity index (χ4v) is 6.84. The number of nitrogens with one attached hydrogen (secondary N) is 3. The van der Waals surface area contributed by atoms with Crippen LogP contribution in [0.3, 0.4) is 0 Å². The molecule has 16 heteroatoms. The maximum absolute atomic E-state index is 13.0. The van der Waals surface area contributed by atoms with E-state index in [0.717, 1.165) is 22.9 Å². The van der Waals surface area contributed by atoms with Crippen LogP contribution >= 0.6 is 23.1 Å². The van der Waals surface area contributed by atoms with E-state index in [2.05, 4.69) is 29.7 Å². The summed E-state index contributed by atoms with van der Waals surface area (Å²) < 4.78 is 56.4. The summed E-state index contributed by atoms with van der Waals surface area (Å²) in [6.07, 6.45) is 0. The van der Waals surface area contributed by atoms with Crippen LogP contribution in [-0.2, 0) is 32.3 Å². The number of hydrogen-bond donors (Lipinski definition) is 5. The molecule has 0 aliphatic heterocycles. The van der Waals surface area contributed by atoms with Crippen molar-refractivity contribution in [3.63, 3.8) is 0 Å². The van der Waals surface area contributed by atoms with Gasteiger partial charge in [-0.3, -0.25) is 4.99 Å². The van der Waals surface area contributed by atoms with Gasteiger partial charge in [0, 0.05) is 37.0 Å². The number of thiazole rings is 1. The largest absolute Gasteiger partial charge is 0.370 e. The van der Waals surface area contributed by atoms with Crippen LogP contribution in [0, 0.1) is 6.92 Å². The first-order valence-electron chi connectivity index (χ1n) is 11.5. The highest BCUT2D eigenvalue weighted by atomic mass is 32.2. The van der Waals surface area contributed by atoms with Crippen molar-refractivity contribution < 1.29 is 16.8 Å². The minimum absolute atomic E-state index is 0.0325. The van der Waals surface area contributed by atoms with Gasteiger partial charge in [-0.05, 0) is 30.7 Å². The minimum Gasteiger partial charge on any atom is -0.370 e. The molecule has 3 aromatic rings. The van der Waals surface area contributed by atoms with Crippen LogP contribution in [0.25, 0.3) is 0 Å². The van der Waals surface area contributed by atoms with E-state index in [1.165, 1.54) is 36.6 Å². The van der Waals surface area contributed by atoms with Crippen molar-refractivity contribution in [2.75, 3.05) is 19.3 Å². The third kappa shape index (κ3) is 9.50. The van der Waals surface area contributed by atoms with Gasteiger partial charge in [-0.2, -0.15) is 16.8 Å². The molecule has 3 rings (SSSR count). The second-order valence-electron chi connectivity index (χ2n) is 8.10. The van der Waals surface area contributed by atoms with Crippen molar-refractivity contribution in [1.29, 1.82) is 0 Å². The molecule has 0 aliphatic rings. The standard InChI is InChI=1S/C23H30N8O4S4/c1-16-6-8-17(9-7-16)13-28-38(32,33)19-4-3-5-20(12-19)39(34,35)31-22(26-2)27-10-11-36-14-18-15-37-23(29-18)30-21(24)25/h3-9,12,15,28H,10-11,13-14H2,1-2H3,(H2,26,27,31)(H4,24,25,29,30). The molecular weight excluding hydrogens is 581 g/mol. The van der Waals surface area contributed by atoms with Gasteiger partial charge in [-0.25, -0.2) is 31.3 Å². The molecular formula is C23H30N8O4S4. The summed E-state index contributed by atoms with van der Waals surface area (Å²) in [7, 11) is -6.61. The Kier molecular flexibility index (Phi) is 10.7. The highest BCUT2D eigenvalue weighted by molar-refractivity contribution is 7.98. The van der Waals surface area contributed by atoms with Crippen LogP contribution in [-0.4, -0.2) is 53.1 Å². The number of aromatic nitrogens is 1. The Bertz CT molecular complexity index is 1530. The first-order chi connectivity index (χ1) is 18.5. The quantitative estimate of drug-likeness (QED) is 0.115. The Balaban J connectivity index is 1.54. The lowest BCUT2D eigenvalue weighted by Gasteiger charge is -2.13. The average molecular weight is 611 g/mol. The molecule has 2 aromatic carbocycles. The Labute approximate surface area is 236 Å². The van der Waals surface area contributed by atoms with E-state index in [4.69, 9.17) is 11.5 Å². The molecule has 0 radical (unpaired) electrons. The minimum atomic E-state index is -4.10. The lowest BCUT2D eigenvalue weighted by Crippen LogP contribution is -2.41. The Morgan fingerprint density at radius 3 is 2.41 bits per heavy atom. The van der Waals surface area contributed by atoms with Gasteiger partial charge in [-0.1, -0.05) is 35.9 Å². The summed E-state index contributed by atoms with van der Waals surface area (Å²) in [5, 5.41) is 5.28. The highest BCUT2D eigenvalue weighted by Gasteiger charge is 2.21. The molecule has 0 fully saturated rings. The summed E-state index contributed by atoms with van der Waals surface area (Å²) in [6, 6.07) is 12.5. The topological polar surface area (TPSA) is 194 Å². The maximum Gasteiger partial charge on any atom is 0.264 e. The van der Waals surface area contributed by atoms with Crippen molar-refractivity contribution in [2.24, 2.45) is 21.5 Å². The monoisotopic (exact) mass is 610 g/mol. The molecule has 0 saturated heterocycles. The SMILES string of the molecule is CN=C(NCCSCc1csc(N=C(N)N)n1)NS(=O)(=O)c1cccc(S(=O)(=O)NCc2ccc(C)cc2)c1. The molecule has 0 spiro atoms. The smallest absolute Gasteiger partial charge is 0.264 e. The van der Waals surface area contributed by atoms with Gasteiger partial charge in [0.15, 0.2) is 5.96 Å². The molecule has 7 N–H and O–H groups in total. The van der Waals surface area contributed by atoms with E-state index in [1.54, 1.807) is 11.8 Å². The highest BCUT2D eigenvalue weighted by Crippen LogP contribution is 2.21. The van der Waals surface area contributed by atoms with Gasteiger partial charge in [-0.15, -0.1) is 11.3 Å². The number of aryl methyl sites for hydroxylation is 1. The number of guanidine groups is 2. The number of benzene rings is 2. The normalized spacial score (nSPS) is 12.2. The maximum atomic E-state index is 13.0. The number of nitrogens with zero attached hydrogens (tertiary/aromatic N) is 3. The third-order valence-electron chi connectivity index (χ3n) is 5.02. The van der Waals surface area contributed by atoms with E-state index in [1.807, 2.05) is 36.6 Å². The third-order valence-corrected chi connectivity index (χ3v) is 9.53. The number of sulfonamides is 2. The van der Waals surface area contributed by atoms with Crippen LogP contribution < -0.4 is 26.2 Å². The lowest BCUT2D eigenvalue weighted by molar-refractivity contribution is 0.581. The van der Waals surface area contributed by atoms with Gasteiger partial charge in [0.1, 0.15) is 0 Å². The summed E-state index contributed by atoms with van der Waals surface area (Å²) in [5.41, 5.74) is 13.4. The van der Waals surface area contributed by atoms with E-state index >= 15 is 0 Å². The predicted octanol–water partition coefficient (Wildman–Crippen LogP) is 1.62. The van der Waals surface area contributed by atoms with Gasteiger partial charge < -0.3 is 16.8 Å². The van der Waals surface area contributed by atoms with E-state index < -0.39 is 20.0 Å². The summed E-state index contributed by atoms with van der Waals surface area (Å²) >= 11 is 2.91. The molecule has 0 saturated carbocycles. The van der Waals surface area contributed by atoms with E-state index in [9.17, 15) is 16.8 Å². The molecule has 12 nitrogen and oxygen atoms in total. The zero-order valence-corrected chi connectivity index (χ0v) is 24.6. The number of aliphatic imine (C=N–C) groups is 2. The van der Waals surface area contributed by atoms with Crippen molar-refractivity contribution in [3.05, 3.63) is 70.7 Å². The van der Waals surface area contributed by atoms with Crippen LogP contribution in [0.15, 0.2) is 73.7 Å². The Hall–Kier alpha value is -3.18. The zero-order valence-electron chi connectivity index (χ0n) is 21.3. The van der Waals surface area contributed by atoms with E-state index in [0.29, 0.717) is 23.2 Å². The molecule has 0 amide bonds. The second-order valence-corrected chi connectivity index (χ2v) is 13.5. The summed E-state index contributed by atoms with van der Waals surface area (Å²) in [6.45, 7) is 2.43. The fraction of sp³-hybridized carbons (Fsp3) is 0.261. The number of thioether (sulfide) groups is 1. The summed E-state index contributed by atoms with van der Waals surface area (Å²) in [4.78, 5) is 11.8. The number of nitrogens with two attached hydrogens (primary N) is 2. The molecule has 0 aliphatic carbocycles. The number of rotatable bonds is 12. The van der Waals surface area contributed by atoms with Crippen molar-refractivity contribution in [3.8, 4) is 0 Å². The molecule has 0 unspecified atom stereocenters. The molecule has 0 bridgehead atoms. The second kappa shape index (κ2) is 13.7. The van der Waals surface area contributed by atoms with Crippen LogP contribution in [0.5, 0.6) is 0 Å². The molecule has 1 aromatic heterocycles. The predicted molar refractivity (Wildman–Crippen MR) is 157 cm³/mol. The van der Waals surface area contributed by atoms with Gasteiger partial charge >= 0.3 is 0 Å². The van der Waals surface area contributed by atoms with Crippen molar-refractivity contribution >= 4 is 60.2 Å². The molecule has 39 heavy (non-hydrogen) atoms. The Morgan fingerprint density at radius 1 is 1.05 bits per heavy atom. The Morgan fingerprint density at radius 2 is 1.74 bits per heavy atom. The van der Waals surface area contributed by atoms with Gasteiger partial charge in [0.2, 0.25) is 21.1 Å². The lowest BCUT2D eigenvalue weighted by atomic mass is 10.2. The van der Waals surface area contributed by atoms with Crippen LogP contribution in [0.4, 0.5) is 5.13 Å². The summed E-state index contributed by atoms with van der Waals surface area (Å²) in [5.74, 6) is 1.24. The van der Waals surface area contributed by atoms with Crippen LogP contribution in [0.1, 0.15) is 16.8 Å². The molecule has 0 atom stereocenters. The van der Waals surface area contributed by atoms with E-state index in [-0.39, 0.29) is 28.3 Å². The van der Waals surface area contributed by atoms with Crippen LogP contribution in [0.2, 0.25) is 0 Å². The molecule has 1 heterocycles. The van der Waals surface area contributed by atoms with Gasteiger partial charge in [0.25, 0.3) is 10.0 Å². The first-order valence-corrected chi connectivity index (χ1v) is 16.5. The van der Waals surface area contributed by atoms with Crippen molar-refractivity contribution in [2.45, 2.75) is 29.0 Å².